The average molecular weight is 698 g/mol. The molecule has 8 nitrogen and oxygen atoms in total. The number of fused-ring (bicyclic) bond motifs is 3. The number of allylic oxidation sites excluding steroid dienone is 1. The summed E-state index contributed by atoms with van der Waals surface area (Å²) in [5.74, 6) is 5.70. The average Bonchev–Trinajstić information content (AvgIpc) is 3.63. The molecule has 6 rings (SSSR count). The minimum atomic E-state index is 0.140. The van der Waals surface area contributed by atoms with Gasteiger partial charge in [-0.15, -0.1) is 0 Å². The minimum Gasteiger partial charge on any atom is -0.367 e. The van der Waals surface area contributed by atoms with Crippen molar-refractivity contribution in [2.75, 3.05) is 7.05 Å². The molecule has 0 saturated heterocycles. The minimum absolute atomic E-state index is 0.140. The topological polar surface area (TPSA) is 89.8 Å². The summed E-state index contributed by atoms with van der Waals surface area (Å²) in [5, 5.41) is 0. The van der Waals surface area contributed by atoms with Crippen LogP contribution in [0.3, 0.4) is 0 Å². The zero-order chi connectivity index (χ0) is 38.1. The highest BCUT2D eigenvalue weighted by Crippen LogP contribution is 2.41. The molecule has 1 aliphatic carbocycles. The maximum Gasteiger partial charge on any atom is 0.131 e. The molecule has 3 aromatic heterocycles. The van der Waals surface area contributed by atoms with E-state index in [9.17, 15) is 0 Å². The van der Waals surface area contributed by atoms with Crippen LogP contribution in [0.4, 0.5) is 0 Å². The van der Waals surface area contributed by atoms with Crippen molar-refractivity contribution in [3.05, 3.63) is 74.4 Å². The fourth-order valence-corrected chi connectivity index (χ4v) is 7.32. The summed E-state index contributed by atoms with van der Waals surface area (Å²) < 4.78 is 5.80. The number of aryl methyl sites for hydroxylation is 3. The van der Waals surface area contributed by atoms with E-state index in [1.165, 1.54) is 28.1 Å². The van der Waals surface area contributed by atoms with Crippen molar-refractivity contribution in [2.24, 2.45) is 17.8 Å². The van der Waals surface area contributed by atoms with Crippen molar-refractivity contribution >= 4 is 6.08 Å². The molecule has 0 N–H and O–H groups in total. The molecule has 3 unspecified atom stereocenters. The van der Waals surface area contributed by atoms with Crippen LogP contribution in [0.5, 0.6) is 0 Å². The maximum atomic E-state index is 5.80. The molecular formula is C43H67N7O. The summed E-state index contributed by atoms with van der Waals surface area (Å²) in [4.78, 5) is 30.6. The van der Waals surface area contributed by atoms with Gasteiger partial charge in [0, 0.05) is 63.5 Å². The first-order valence-electron chi connectivity index (χ1n) is 19.4. The molecule has 0 spiro atoms. The molecule has 5 heterocycles. The van der Waals surface area contributed by atoms with Gasteiger partial charge >= 0.3 is 0 Å². The number of nitrogens with zero attached hydrogens (tertiary/aromatic N) is 7. The molecule has 51 heavy (non-hydrogen) atoms. The number of ether oxygens (including phenoxy) is 1. The normalized spacial score (nSPS) is 20.9. The van der Waals surface area contributed by atoms with Crippen LogP contribution in [0.15, 0.2) is 6.08 Å². The predicted molar refractivity (Wildman–Crippen MR) is 210 cm³/mol. The van der Waals surface area contributed by atoms with Crippen molar-refractivity contribution in [3.63, 3.8) is 0 Å². The van der Waals surface area contributed by atoms with Crippen molar-refractivity contribution in [1.82, 2.24) is 34.8 Å². The Morgan fingerprint density at radius 3 is 1.69 bits per heavy atom. The number of hydrogen-bond donors (Lipinski definition) is 0. The van der Waals surface area contributed by atoms with Crippen molar-refractivity contribution in [3.8, 4) is 0 Å². The summed E-state index contributed by atoms with van der Waals surface area (Å²) in [6, 6.07) is 0.448. The molecule has 0 fully saturated rings. The van der Waals surface area contributed by atoms with Crippen LogP contribution in [-0.4, -0.2) is 41.9 Å². The van der Waals surface area contributed by atoms with E-state index in [0.717, 1.165) is 53.2 Å². The molecule has 3 atom stereocenters. The second kappa shape index (κ2) is 16.3. The van der Waals surface area contributed by atoms with Gasteiger partial charge in [-0.05, 0) is 52.0 Å². The van der Waals surface area contributed by atoms with E-state index in [-0.39, 0.29) is 11.5 Å². The number of rotatable bonds is 6. The highest BCUT2D eigenvalue weighted by molar-refractivity contribution is 5.59. The monoisotopic (exact) mass is 698 g/mol. The van der Waals surface area contributed by atoms with Gasteiger partial charge in [-0.25, -0.2) is 29.9 Å². The van der Waals surface area contributed by atoms with Gasteiger partial charge in [0.05, 0.1) is 29.7 Å². The Hall–Kier alpha value is -3.10. The highest BCUT2D eigenvalue weighted by atomic mass is 16.5. The van der Waals surface area contributed by atoms with Crippen molar-refractivity contribution in [1.29, 1.82) is 0 Å². The summed E-state index contributed by atoms with van der Waals surface area (Å²) in [6.45, 7) is 36.6. The Balaban J connectivity index is 0.000000172. The van der Waals surface area contributed by atoms with Crippen LogP contribution in [0.2, 0.25) is 0 Å². The van der Waals surface area contributed by atoms with Gasteiger partial charge in [-0.2, -0.15) is 0 Å². The Morgan fingerprint density at radius 1 is 0.667 bits per heavy atom. The zero-order valence-electron chi connectivity index (χ0n) is 34.9. The lowest BCUT2D eigenvalue weighted by Gasteiger charge is -2.36. The maximum absolute atomic E-state index is 5.80. The van der Waals surface area contributed by atoms with Gasteiger partial charge in [-0.3, -0.25) is 4.90 Å². The van der Waals surface area contributed by atoms with E-state index in [1.54, 1.807) is 0 Å². The van der Waals surface area contributed by atoms with Gasteiger partial charge in [0.1, 0.15) is 23.6 Å². The molecule has 0 aromatic carbocycles. The molecule has 280 valence electrons. The SMILES string of the molecule is Cc1nc(C(C)C)nc2c1C=CCC2(C)C(C)C.Cc1nc(C(C)C)nc2c1CN(C)C2C(C)C.Cc1nc(C(C)C)nc2c1COC2C(C)C. The van der Waals surface area contributed by atoms with Gasteiger partial charge < -0.3 is 4.74 Å². The van der Waals surface area contributed by atoms with Crippen LogP contribution >= 0.6 is 0 Å². The Labute approximate surface area is 309 Å². The molecule has 0 radical (unpaired) electrons. The second-order valence-electron chi connectivity index (χ2n) is 17.2. The van der Waals surface area contributed by atoms with Crippen LogP contribution in [0, 0.1) is 38.5 Å². The fourth-order valence-electron chi connectivity index (χ4n) is 7.32. The van der Waals surface area contributed by atoms with Crippen LogP contribution < -0.4 is 0 Å². The molecule has 3 aromatic rings. The first-order chi connectivity index (χ1) is 23.8. The van der Waals surface area contributed by atoms with Crippen LogP contribution in [0.1, 0.15) is 195 Å². The first kappa shape index (κ1) is 40.7. The van der Waals surface area contributed by atoms with Gasteiger partial charge in [-0.1, -0.05) is 102 Å². The fraction of sp³-hybridized carbons (Fsp3) is 0.674. The lowest BCUT2D eigenvalue weighted by Crippen LogP contribution is -2.33. The molecule has 3 aliphatic rings. The van der Waals surface area contributed by atoms with Crippen molar-refractivity contribution in [2.45, 2.75) is 166 Å². The van der Waals surface area contributed by atoms with Crippen LogP contribution in [0.25, 0.3) is 6.08 Å². The molecular weight excluding hydrogens is 631 g/mol. The third-order valence-corrected chi connectivity index (χ3v) is 10.9. The van der Waals surface area contributed by atoms with Gasteiger partial charge in [0.25, 0.3) is 0 Å². The summed E-state index contributed by atoms with van der Waals surface area (Å²) in [5.41, 5.74) is 10.9. The summed E-state index contributed by atoms with van der Waals surface area (Å²) >= 11 is 0. The lowest BCUT2D eigenvalue weighted by atomic mass is 9.69. The third-order valence-electron chi connectivity index (χ3n) is 10.9. The quantitative estimate of drug-likeness (QED) is 0.251. The Morgan fingerprint density at radius 2 is 1.18 bits per heavy atom. The van der Waals surface area contributed by atoms with Gasteiger partial charge in [0.15, 0.2) is 0 Å². The third kappa shape index (κ3) is 8.59. The van der Waals surface area contributed by atoms with E-state index in [4.69, 9.17) is 14.7 Å². The molecule has 0 bridgehead atoms. The first-order valence-corrected chi connectivity index (χ1v) is 19.4. The standard InChI is InChI=1S/C16H24N2.C14H23N3.C13H20N2O/c1-10(2)15-17-12(5)13-8-7-9-16(6,11(3)4)14(13)18-15;1-8(2)13-12-11(7-17(13)6)10(5)15-14(16-12)9(3)4;1-7(2)12-11-10(6-16-12)9(5)14-13(15-11)8(3)4/h7-8,10-11H,9H2,1-6H3;8-9,13H,7H2,1-6H3;7-8,12H,6H2,1-5H3. The van der Waals surface area contributed by atoms with E-state index in [0.29, 0.717) is 48.2 Å². The largest absolute Gasteiger partial charge is 0.367 e. The van der Waals surface area contributed by atoms with Gasteiger partial charge in [0.2, 0.25) is 0 Å². The molecule has 0 amide bonds. The van der Waals surface area contributed by atoms with E-state index >= 15 is 0 Å². The predicted octanol–water partition coefficient (Wildman–Crippen LogP) is 10.4. The molecule has 0 saturated carbocycles. The van der Waals surface area contributed by atoms with Crippen molar-refractivity contribution < 1.29 is 4.74 Å². The lowest BCUT2D eigenvalue weighted by molar-refractivity contribution is 0.0321. The van der Waals surface area contributed by atoms with E-state index < -0.39 is 0 Å². The number of hydrogen-bond acceptors (Lipinski definition) is 8. The molecule has 2 aliphatic heterocycles. The highest BCUT2D eigenvalue weighted by Gasteiger charge is 2.36. The van der Waals surface area contributed by atoms with Crippen LogP contribution in [-0.2, 0) is 23.3 Å². The smallest absolute Gasteiger partial charge is 0.131 e. The molecule has 8 heteroatoms. The Kier molecular flexibility index (Phi) is 13.0. The summed E-state index contributed by atoms with van der Waals surface area (Å²) in [7, 11) is 2.18. The zero-order valence-corrected chi connectivity index (χ0v) is 34.9. The number of aromatic nitrogens is 6. The summed E-state index contributed by atoms with van der Waals surface area (Å²) in [6.07, 6.45) is 5.69. The second-order valence-corrected chi connectivity index (χ2v) is 17.2. The Bertz CT molecular complexity index is 1710. The van der Waals surface area contributed by atoms with E-state index in [2.05, 4.69) is 155 Å². The van der Waals surface area contributed by atoms with E-state index in [1.807, 2.05) is 0 Å².